The maximum atomic E-state index is 6.35. The predicted molar refractivity (Wildman–Crippen MR) is 143 cm³/mol. The summed E-state index contributed by atoms with van der Waals surface area (Å²) < 4.78 is 12.7. The summed E-state index contributed by atoms with van der Waals surface area (Å²) in [5.41, 5.74) is 1.15. The Morgan fingerprint density at radius 2 is 1.09 bits per heavy atom. The highest BCUT2D eigenvalue weighted by Crippen LogP contribution is 2.61. The lowest BCUT2D eigenvalue weighted by molar-refractivity contribution is 0.505. The average molecular weight is 485 g/mol. The zero-order chi connectivity index (χ0) is 23.0. The normalized spacial score (nSPS) is 11.7. The summed E-state index contributed by atoms with van der Waals surface area (Å²) in [6.45, 7) is 8.91. The molecule has 0 bridgehead atoms. The Morgan fingerprint density at radius 3 is 1.50 bits per heavy atom. The van der Waals surface area contributed by atoms with Gasteiger partial charge in [0.25, 0.3) is 0 Å². The molecule has 0 radical (unpaired) electrons. The molecule has 0 aromatic heterocycles. The van der Waals surface area contributed by atoms with Gasteiger partial charge in [0, 0.05) is 5.75 Å². The molecule has 0 amide bonds. The van der Waals surface area contributed by atoms with Crippen LogP contribution in [0.5, 0.6) is 11.5 Å². The predicted octanol–water partition coefficient (Wildman–Crippen LogP) is 8.70. The SMILES string of the molecule is CC(C)Cc1ccc(OP(=S)(Oc2ccc(CC(C)C)cc2)SCc2ccccc2)cc1. The minimum Gasteiger partial charge on any atom is -0.428 e. The van der Waals surface area contributed by atoms with Crippen LogP contribution in [0.4, 0.5) is 0 Å². The van der Waals surface area contributed by atoms with Crippen LogP contribution in [-0.4, -0.2) is 0 Å². The zero-order valence-electron chi connectivity index (χ0n) is 19.4. The quantitative estimate of drug-likeness (QED) is 0.253. The fraction of sp³-hybridized carbons (Fsp3) is 0.333. The molecule has 0 atom stereocenters. The molecule has 5 heteroatoms. The average Bonchev–Trinajstić information content (AvgIpc) is 2.75. The van der Waals surface area contributed by atoms with Crippen molar-refractivity contribution in [1.82, 2.24) is 0 Å². The lowest BCUT2D eigenvalue weighted by Crippen LogP contribution is -2.00. The first kappa shape index (κ1) is 24.9. The number of benzene rings is 3. The molecule has 0 saturated heterocycles. The summed E-state index contributed by atoms with van der Waals surface area (Å²) in [5.74, 6) is 3.51. The van der Waals surface area contributed by atoms with Crippen LogP contribution < -0.4 is 9.05 Å². The Labute approximate surface area is 202 Å². The summed E-state index contributed by atoms with van der Waals surface area (Å²) in [6, 6.07) is 26.9. The van der Waals surface area contributed by atoms with Gasteiger partial charge in [-0.1, -0.05) is 82.3 Å². The highest BCUT2D eigenvalue weighted by atomic mass is 32.9. The Hall–Kier alpha value is -1.74. The second kappa shape index (κ2) is 11.9. The van der Waals surface area contributed by atoms with Crippen molar-refractivity contribution in [3.63, 3.8) is 0 Å². The molecule has 170 valence electrons. The van der Waals surface area contributed by atoms with Crippen molar-refractivity contribution >= 4 is 28.9 Å². The van der Waals surface area contributed by atoms with E-state index in [0.29, 0.717) is 11.8 Å². The van der Waals surface area contributed by atoms with Crippen LogP contribution in [0.25, 0.3) is 0 Å². The van der Waals surface area contributed by atoms with Gasteiger partial charge in [0.05, 0.1) is 0 Å². The van der Waals surface area contributed by atoms with Gasteiger partial charge < -0.3 is 9.05 Å². The summed E-state index contributed by atoms with van der Waals surface area (Å²) in [5, 5.41) is 0. The van der Waals surface area contributed by atoms with E-state index in [1.165, 1.54) is 16.7 Å². The monoisotopic (exact) mass is 484 g/mol. The second-order valence-electron chi connectivity index (χ2n) is 8.87. The molecule has 0 fully saturated rings. The van der Waals surface area contributed by atoms with Crippen molar-refractivity contribution in [2.75, 3.05) is 0 Å². The lowest BCUT2D eigenvalue weighted by atomic mass is 10.0. The van der Waals surface area contributed by atoms with Crippen molar-refractivity contribution in [1.29, 1.82) is 0 Å². The number of hydrogen-bond acceptors (Lipinski definition) is 4. The van der Waals surface area contributed by atoms with Gasteiger partial charge in [-0.15, -0.1) is 0 Å². The van der Waals surface area contributed by atoms with Crippen molar-refractivity contribution in [3.05, 3.63) is 95.6 Å². The van der Waals surface area contributed by atoms with Crippen molar-refractivity contribution in [2.45, 2.75) is 46.3 Å². The topological polar surface area (TPSA) is 18.5 Å². The van der Waals surface area contributed by atoms with Gasteiger partial charge in [0.15, 0.2) is 0 Å². The van der Waals surface area contributed by atoms with Crippen molar-refractivity contribution < 1.29 is 9.05 Å². The third-order valence-electron chi connectivity index (χ3n) is 4.80. The summed E-state index contributed by atoms with van der Waals surface area (Å²) in [7, 11) is 0. The summed E-state index contributed by atoms with van der Waals surface area (Å²) >= 11 is 7.58. The molecule has 3 aromatic carbocycles. The molecule has 0 N–H and O–H groups in total. The molecule has 0 heterocycles. The van der Waals surface area contributed by atoms with Crippen LogP contribution in [-0.2, 0) is 30.4 Å². The van der Waals surface area contributed by atoms with E-state index >= 15 is 0 Å². The van der Waals surface area contributed by atoms with Crippen LogP contribution in [0.15, 0.2) is 78.9 Å². The lowest BCUT2D eigenvalue weighted by Gasteiger charge is -2.23. The smallest absolute Gasteiger partial charge is 0.348 e. The fourth-order valence-corrected chi connectivity index (χ4v) is 7.52. The molecule has 0 saturated carbocycles. The molecule has 0 aliphatic rings. The van der Waals surface area contributed by atoms with Crippen LogP contribution in [0.3, 0.4) is 0 Å². The Bertz CT molecular complexity index is 941. The van der Waals surface area contributed by atoms with E-state index in [1.807, 2.05) is 42.5 Å². The van der Waals surface area contributed by atoms with Crippen LogP contribution in [0.1, 0.15) is 44.4 Å². The van der Waals surface area contributed by atoms with E-state index in [9.17, 15) is 0 Å². The molecule has 0 aliphatic carbocycles. The standard InChI is InChI=1S/C27H33O2PS2/c1-21(2)18-23-10-14-26(15-11-23)28-30(31,32-20-25-8-6-5-7-9-25)29-27-16-12-24(13-17-27)19-22(3)4/h5-17,21-22H,18-20H2,1-4H3. The molecule has 3 rings (SSSR count). The molecule has 3 aromatic rings. The highest BCUT2D eigenvalue weighted by molar-refractivity contribution is 8.67. The van der Waals surface area contributed by atoms with Crippen molar-refractivity contribution in [3.8, 4) is 11.5 Å². The Morgan fingerprint density at radius 1 is 0.656 bits per heavy atom. The fourth-order valence-electron chi connectivity index (χ4n) is 3.37. The van der Waals surface area contributed by atoms with Gasteiger partial charge in [-0.3, -0.25) is 0 Å². The zero-order valence-corrected chi connectivity index (χ0v) is 21.9. The molecule has 32 heavy (non-hydrogen) atoms. The van der Waals surface area contributed by atoms with Crippen LogP contribution in [0.2, 0.25) is 0 Å². The minimum absolute atomic E-state index is 0.621. The maximum absolute atomic E-state index is 6.35. The maximum Gasteiger partial charge on any atom is 0.348 e. The summed E-state index contributed by atoms with van der Waals surface area (Å²) in [4.78, 5) is 0. The highest BCUT2D eigenvalue weighted by Gasteiger charge is 2.24. The molecular formula is C27H33O2PS2. The van der Waals surface area contributed by atoms with Crippen molar-refractivity contribution in [2.24, 2.45) is 11.8 Å². The number of rotatable bonds is 11. The first-order valence-corrected chi connectivity index (χ1v) is 15.4. The second-order valence-corrected chi connectivity index (χ2v) is 15.0. The van der Waals surface area contributed by atoms with Gasteiger partial charge >= 0.3 is 5.69 Å². The molecule has 0 unspecified atom stereocenters. The Balaban J connectivity index is 1.76. The first-order chi connectivity index (χ1) is 15.3. The third kappa shape index (κ3) is 8.31. The van der Waals surface area contributed by atoms with Gasteiger partial charge in [-0.25, -0.2) is 0 Å². The van der Waals surface area contributed by atoms with Gasteiger partial charge in [-0.2, -0.15) is 0 Å². The Kier molecular flexibility index (Phi) is 9.28. The molecular weight excluding hydrogens is 451 g/mol. The van der Waals surface area contributed by atoms with E-state index in [4.69, 9.17) is 20.9 Å². The van der Waals surface area contributed by atoms with Crippen LogP contribution >= 0.6 is 17.1 Å². The van der Waals surface area contributed by atoms with Crippen LogP contribution in [0, 0.1) is 11.8 Å². The number of hydrogen-bond donors (Lipinski definition) is 0. The van der Waals surface area contributed by atoms with E-state index in [1.54, 1.807) is 11.4 Å². The molecule has 0 spiro atoms. The third-order valence-corrected chi connectivity index (χ3v) is 9.63. The van der Waals surface area contributed by atoms with Gasteiger partial charge in [0.1, 0.15) is 11.5 Å². The minimum atomic E-state index is -2.66. The summed E-state index contributed by atoms with van der Waals surface area (Å²) in [6.07, 6.45) is 2.10. The first-order valence-electron chi connectivity index (χ1n) is 11.2. The molecule has 2 nitrogen and oxygen atoms in total. The van der Waals surface area contributed by atoms with E-state index in [0.717, 1.165) is 30.1 Å². The van der Waals surface area contributed by atoms with Gasteiger partial charge in [-0.05, 0) is 88.8 Å². The van der Waals surface area contributed by atoms with Gasteiger partial charge in [0.2, 0.25) is 0 Å². The van der Waals surface area contributed by atoms with E-state index in [2.05, 4.69) is 64.1 Å². The van der Waals surface area contributed by atoms with E-state index < -0.39 is 5.69 Å². The van der Waals surface area contributed by atoms with E-state index in [-0.39, 0.29) is 0 Å². The molecule has 0 aliphatic heterocycles. The largest absolute Gasteiger partial charge is 0.428 e.